The number of rotatable bonds is 11. The largest absolute Gasteiger partial charge is 0.497 e. The zero-order chi connectivity index (χ0) is 19.5. The molecule has 144 valence electrons. The molecule has 1 N–H and O–H groups in total. The van der Waals surface area contributed by atoms with E-state index in [2.05, 4.69) is 10.3 Å². The number of ether oxygens (including phenoxy) is 3. The third-order valence-corrected chi connectivity index (χ3v) is 3.48. The highest BCUT2D eigenvalue weighted by molar-refractivity contribution is 5.69. The van der Waals surface area contributed by atoms with Crippen LogP contribution in [0.3, 0.4) is 0 Å². The van der Waals surface area contributed by atoms with Gasteiger partial charge in [0.2, 0.25) is 0 Å². The van der Waals surface area contributed by atoms with Crippen LogP contribution >= 0.6 is 0 Å². The smallest absolute Gasteiger partial charge is 0.305 e. The number of carbonyl (C=O) groups is 1. The predicted molar refractivity (Wildman–Crippen MR) is 98.1 cm³/mol. The number of carbonyl (C=O) groups excluding carboxylic acids is 1. The van der Waals surface area contributed by atoms with Crippen molar-refractivity contribution < 1.29 is 23.9 Å². The molecule has 0 aliphatic rings. The maximum absolute atomic E-state index is 11.7. The van der Waals surface area contributed by atoms with Crippen molar-refractivity contribution in [2.45, 2.75) is 12.8 Å². The zero-order valence-corrected chi connectivity index (χ0v) is 14.9. The van der Waals surface area contributed by atoms with E-state index in [0.29, 0.717) is 31.1 Å². The molecule has 2 aromatic rings. The summed E-state index contributed by atoms with van der Waals surface area (Å²) in [5.74, 6) is 1.63. The van der Waals surface area contributed by atoms with Crippen LogP contribution in [0.1, 0.15) is 12.8 Å². The second-order valence-electron chi connectivity index (χ2n) is 5.43. The van der Waals surface area contributed by atoms with E-state index < -0.39 is 4.92 Å². The Bertz CT molecular complexity index is 734. The van der Waals surface area contributed by atoms with Crippen LogP contribution in [0.2, 0.25) is 0 Å². The third-order valence-electron chi connectivity index (χ3n) is 3.48. The lowest BCUT2D eigenvalue weighted by Gasteiger charge is -2.08. The summed E-state index contributed by atoms with van der Waals surface area (Å²) < 4.78 is 15.7. The minimum atomic E-state index is -0.517. The van der Waals surface area contributed by atoms with Gasteiger partial charge >= 0.3 is 5.97 Å². The van der Waals surface area contributed by atoms with Gasteiger partial charge in [0.1, 0.15) is 30.1 Å². The average molecular weight is 375 g/mol. The quantitative estimate of drug-likeness (QED) is 0.276. The van der Waals surface area contributed by atoms with E-state index in [-0.39, 0.29) is 24.7 Å². The molecule has 0 atom stereocenters. The van der Waals surface area contributed by atoms with Crippen LogP contribution < -0.4 is 14.8 Å². The minimum absolute atomic E-state index is 0.0798. The molecule has 1 heterocycles. The van der Waals surface area contributed by atoms with Crippen LogP contribution in [0, 0.1) is 10.1 Å². The molecular weight excluding hydrogens is 354 g/mol. The van der Waals surface area contributed by atoms with Crippen molar-refractivity contribution in [3.05, 3.63) is 52.7 Å². The van der Waals surface area contributed by atoms with Gasteiger partial charge in [-0.25, -0.2) is 4.98 Å². The van der Waals surface area contributed by atoms with Crippen molar-refractivity contribution in [3.63, 3.8) is 0 Å². The van der Waals surface area contributed by atoms with Gasteiger partial charge in [0, 0.05) is 12.5 Å². The second-order valence-corrected chi connectivity index (χ2v) is 5.43. The molecule has 0 fully saturated rings. The molecule has 0 unspecified atom stereocenters. The lowest BCUT2D eigenvalue weighted by molar-refractivity contribution is -0.385. The molecule has 27 heavy (non-hydrogen) atoms. The number of methoxy groups -OCH3 is 1. The molecule has 2 rings (SSSR count). The Morgan fingerprint density at radius 1 is 1.15 bits per heavy atom. The van der Waals surface area contributed by atoms with Crippen molar-refractivity contribution in [1.29, 1.82) is 0 Å². The highest BCUT2D eigenvalue weighted by Crippen LogP contribution is 2.17. The summed E-state index contributed by atoms with van der Waals surface area (Å²) >= 11 is 0. The predicted octanol–water partition coefficient (Wildman–Crippen LogP) is 2.81. The lowest BCUT2D eigenvalue weighted by atomic mass is 10.3. The van der Waals surface area contributed by atoms with Crippen molar-refractivity contribution in [1.82, 2.24) is 4.98 Å². The first-order valence-electron chi connectivity index (χ1n) is 8.35. The fraction of sp³-hybridized carbons (Fsp3) is 0.333. The van der Waals surface area contributed by atoms with Gasteiger partial charge in [0.25, 0.3) is 5.69 Å². The number of anilines is 1. The Labute approximate surface area is 156 Å². The normalized spacial score (nSPS) is 10.1. The summed E-state index contributed by atoms with van der Waals surface area (Å²) in [6, 6.07) is 10.1. The summed E-state index contributed by atoms with van der Waals surface area (Å²) in [6.07, 6.45) is 1.96. The fourth-order valence-electron chi connectivity index (χ4n) is 2.09. The number of hydrogen-bond donors (Lipinski definition) is 1. The number of aromatic nitrogens is 1. The summed E-state index contributed by atoms with van der Waals surface area (Å²) in [4.78, 5) is 25.6. The van der Waals surface area contributed by atoms with Crippen LogP contribution in [0.15, 0.2) is 42.6 Å². The van der Waals surface area contributed by atoms with Crippen molar-refractivity contribution in [2.75, 3.05) is 32.2 Å². The van der Waals surface area contributed by atoms with E-state index >= 15 is 0 Å². The first kappa shape index (κ1) is 20.0. The summed E-state index contributed by atoms with van der Waals surface area (Å²) in [5, 5.41) is 13.5. The number of hydrogen-bond acceptors (Lipinski definition) is 8. The Balaban J connectivity index is 1.54. The van der Waals surface area contributed by atoms with E-state index in [1.807, 2.05) is 0 Å². The molecule has 0 saturated heterocycles. The van der Waals surface area contributed by atoms with Gasteiger partial charge in [-0.2, -0.15) is 0 Å². The van der Waals surface area contributed by atoms with Crippen LogP contribution in [-0.4, -0.2) is 42.7 Å². The maximum Gasteiger partial charge on any atom is 0.305 e. The van der Waals surface area contributed by atoms with Crippen molar-refractivity contribution in [2.24, 2.45) is 0 Å². The molecule has 9 nitrogen and oxygen atoms in total. The number of nitrogens with zero attached hydrogens (tertiary/aromatic N) is 2. The molecule has 0 amide bonds. The van der Waals surface area contributed by atoms with Crippen molar-refractivity contribution in [3.8, 4) is 11.5 Å². The fourth-order valence-corrected chi connectivity index (χ4v) is 2.09. The highest BCUT2D eigenvalue weighted by Gasteiger charge is 2.06. The monoisotopic (exact) mass is 375 g/mol. The van der Waals surface area contributed by atoms with Gasteiger partial charge in [-0.3, -0.25) is 14.9 Å². The van der Waals surface area contributed by atoms with Gasteiger partial charge in [-0.15, -0.1) is 0 Å². The lowest BCUT2D eigenvalue weighted by Crippen LogP contribution is -2.14. The molecule has 0 aliphatic heterocycles. The van der Waals surface area contributed by atoms with Gasteiger partial charge in [0.15, 0.2) is 0 Å². The Morgan fingerprint density at radius 2 is 1.89 bits per heavy atom. The van der Waals surface area contributed by atoms with E-state index in [0.717, 1.165) is 11.9 Å². The van der Waals surface area contributed by atoms with Crippen LogP contribution in [0.25, 0.3) is 0 Å². The van der Waals surface area contributed by atoms with Gasteiger partial charge in [-0.1, -0.05) is 0 Å². The number of esters is 1. The van der Waals surface area contributed by atoms with Crippen LogP contribution in [0.4, 0.5) is 11.5 Å². The van der Waals surface area contributed by atoms with Gasteiger partial charge in [0.05, 0.1) is 25.2 Å². The zero-order valence-electron chi connectivity index (χ0n) is 14.9. The maximum atomic E-state index is 11.7. The van der Waals surface area contributed by atoms with Crippen molar-refractivity contribution >= 4 is 17.5 Å². The molecule has 1 aromatic carbocycles. The molecule has 0 saturated carbocycles. The minimum Gasteiger partial charge on any atom is -0.497 e. The molecular formula is C18H21N3O6. The molecule has 9 heteroatoms. The first-order chi connectivity index (χ1) is 13.1. The molecule has 0 aliphatic carbocycles. The number of pyridine rings is 1. The summed E-state index contributed by atoms with van der Waals surface area (Å²) in [7, 11) is 1.60. The SMILES string of the molecule is COc1ccc(OCCCC(=O)OCCNc2ccc([N+](=O)[O-])cn2)cc1. The Morgan fingerprint density at radius 3 is 2.52 bits per heavy atom. The van der Waals surface area contributed by atoms with Crippen LogP contribution in [0.5, 0.6) is 11.5 Å². The Hall–Kier alpha value is -3.36. The number of benzene rings is 1. The van der Waals surface area contributed by atoms with Crippen LogP contribution in [-0.2, 0) is 9.53 Å². The second kappa shape index (κ2) is 10.6. The number of nitrogens with one attached hydrogen (secondary N) is 1. The van der Waals surface area contributed by atoms with E-state index in [9.17, 15) is 14.9 Å². The first-order valence-corrected chi connectivity index (χ1v) is 8.35. The molecule has 1 aromatic heterocycles. The van der Waals surface area contributed by atoms with Gasteiger partial charge < -0.3 is 19.5 Å². The Kier molecular flexibility index (Phi) is 7.83. The number of nitro groups is 1. The standard InChI is InChI=1S/C18H21N3O6/c1-25-15-5-7-16(8-6-15)26-11-2-3-18(22)27-12-10-19-17-9-4-14(13-20-17)21(23)24/h4-9,13H,2-3,10-12H2,1H3,(H,19,20). The van der Waals surface area contributed by atoms with Gasteiger partial charge in [-0.05, 0) is 36.8 Å². The average Bonchev–Trinajstić information content (AvgIpc) is 2.69. The van der Waals surface area contributed by atoms with E-state index in [1.165, 1.54) is 12.1 Å². The highest BCUT2D eigenvalue weighted by atomic mass is 16.6. The van der Waals surface area contributed by atoms with E-state index in [4.69, 9.17) is 14.2 Å². The topological polar surface area (TPSA) is 113 Å². The summed E-state index contributed by atoms with van der Waals surface area (Å²) in [5.41, 5.74) is -0.0798. The summed E-state index contributed by atoms with van der Waals surface area (Å²) in [6.45, 7) is 0.947. The molecule has 0 bridgehead atoms. The molecule has 0 spiro atoms. The third kappa shape index (κ3) is 7.18. The van der Waals surface area contributed by atoms with E-state index in [1.54, 1.807) is 31.4 Å². The molecule has 0 radical (unpaired) electrons.